The zero-order chi connectivity index (χ0) is 19.7. The van der Waals surface area contributed by atoms with Crippen molar-refractivity contribution in [1.29, 1.82) is 0 Å². The number of nitrogens with zero attached hydrogens (tertiary/aromatic N) is 2. The molecule has 142 valence electrons. The topological polar surface area (TPSA) is 60.9 Å². The summed E-state index contributed by atoms with van der Waals surface area (Å²) in [4.78, 5) is 7.49. The minimum absolute atomic E-state index is 0.193. The molecule has 0 saturated carbocycles. The monoisotopic (exact) mass is 425 g/mol. The molecule has 1 aromatic heterocycles. The standard InChI is InChI=1S/C16H16Cl2F3N3OS/c1-15(2,3)26(25)24-12(9-4-6-10(17)7-5-9)14-22-8-11(18)13(23-14)16(19,20)21/h4-8,12,24H,1-3H3/t12?,26-/m1/s1. The predicted molar refractivity (Wildman–Crippen MR) is 96.4 cm³/mol. The van der Waals surface area contributed by atoms with Crippen molar-refractivity contribution in [3.63, 3.8) is 0 Å². The van der Waals surface area contributed by atoms with E-state index in [-0.39, 0.29) is 5.82 Å². The molecule has 2 aromatic rings. The van der Waals surface area contributed by atoms with Crippen LogP contribution in [-0.2, 0) is 17.5 Å². The van der Waals surface area contributed by atoms with Crippen molar-refractivity contribution in [2.24, 2.45) is 0 Å². The summed E-state index contributed by atoms with van der Waals surface area (Å²) < 4.78 is 54.0. The van der Waals surface area contributed by atoms with Gasteiger partial charge in [-0.2, -0.15) is 13.2 Å². The zero-order valence-corrected chi connectivity index (χ0v) is 16.4. The molecule has 4 nitrogen and oxygen atoms in total. The van der Waals surface area contributed by atoms with E-state index in [0.29, 0.717) is 10.6 Å². The summed E-state index contributed by atoms with van der Waals surface area (Å²) in [6.45, 7) is 5.21. The summed E-state index contributed by atoms with van der Waals surface area (Å²) >= 11 is 9.87. The van der Waals surface area contributed by atoms with Crippen LogP contribution in [0.4, 0.5) is 13.2 Å². The van der Waals surface area contributed by atoms with E-state index in [2.05, 4.69) is 14.7 Å². The van der Waals surface area contributed by atoms with Gasteiger partial charge in [-0.1, -0.05) is 35.3 Å². The summed E-state index contributed by atoms with van der Waals surface area (Å²) in [6, 6.07) is 5.42. The van der Waals surface area contributed by atoms with Crippen LogP contribution in [0.5, 0.6) is 0 Å². The molecular weight excluding hydrogens is 410 g/mol. The van der Waals surface area contributed by atoms with E-state index in [0.717, 1.165) is 6.20 Å². The summed E-state index contributed by atoms with van der Waals surface area (Å²) in [6.07, 6.45) is -3.85. The fourth-order valence-corrected chi connectivity index (χ4v) is 3.06. The van der Waals surface area contributed by atoms with Gasteiger partial charge in [0.1, 0.15) is 10.8 Å². The molecule has 0 aliphatic heterocycles. The van der Waals surface area contributed by atoms with Gasteiger partial charge in [-0.05, 0) is 38.5 Å². The molecule has 0 bridgehead atoms. The van der Waals surface area contributed by atoms with Crippen molar-refractivity contribution in [3.05, 3.63) is 57.6 Å². The minimum atomic E-state index is -4.73. The van der Waals surface area contributed by atoms with Gasteiger partial charge in [0.15, 0.2) is 11.5 Å². The van der Waals surface area contributed by atoms with E-state index in [1.165, 1.54) is 0 Å². The third kappa shape index (κ3) is 5.23. The quantitative estimate of drug-likeness (QED) is 0.704. The average molecular weight is 426 g/mol. The first-order valence-corrected chi connectivity index (χ1v) is 9.33. The Morgan fingerprint density at radius 2 is 1.69 bits per heavy atom. The molecule has 0 aliphatic rings. The molecule has 0 fully saturated rings. The van der Waals surface area contributed by atoms with E-state index < -0.39 is 39.0 Å². The van der Waals surface area contributed by atoms with Gasteiger partial charge in [-0.15, -0.1) is 4.72 Å². The van der Waals surface area contributed by atoms with Gasteiger partial charge in [0.2, 0.25) is 0 Å². The Kier molecular flexibility index (Phi) is 6.45. The van der Waals surface area contributed by atoms with Gasteiger partial charge in [-0.25, -0.2) is 9.97 Å². The van der Waals surface area contributed by atoms with Crippen LogP contribution in [0.2, 0.25) is 10.0 Å². The molecule has 0 aliphatic carbocycles. The highest BCUT2D eigenvalue weighted by molar-refractivity contribution is 7.90. The van der Waals surface area contributed by atoms with Gasteiger partial charge < -0.3 is 4.55 Å². The van der Waals surface area contributed by atoms with Crippen LogP contribution in [0, 0.1) is 0 Å². The third-order valence-corrected chi connectivity index (χ3v) is 5.36. The van der Waals surface area contributed by atoms with Gasteiger partial charge in [0.25, 0.3) is 0 Å². The number of nitrogens with one attached hydrogen (secondary N) is 1. The Bertz CT molecular complexity index is 767. The lowest BCUT2D eigenvalue weighted by Gasteiger charge is -2.27. The maximum absolute atomic E-state index is 13.1. The van der Waals surface area contributed by atoms with Crippen LogP contribution in [0.15, 0.2) is 30.5 Å². The number of aromatic nitrogens is 2. The second-order valence-corrected chi connectivity index (χ2v) is 9.25. The molecule has 0 amide bonds. The van der Waals surface area contributed by atoms with Crippen LogP contribution in [0.3, 0.4) is 0 Å². The average Bonchev–Trinajstić information content (AvgIpc) is 2.52. The van der Waals surface area contributed by atoms with Crippen molar-refractivity contribution < 1.29 is 17.7 Å². The van der Waals surface area contributed by atoms with Gasteiger partial charge in [0, 0.05) is 22.6 Å². The van der Waals surface area contributed by atoms with E-state index in [9.17, 15) is 17.7 Å². The molecule has 1 N–H and O–H groups in total. The van der Waals surface area contributed by atoms with E-state index in [1.807, 2.05) is 0 Å². The largest absolute Gasteiger partial charge is 0.598 e. The maximum Gasteiger partial charge on any atom is 0.434 e. The fourth-order valence-electron chi connectivity index (χ4n) is 1.93. The lowest BCUT2D eigenvalue weighted by Crippen LogP contribution is -2.42. The molecule has 1 aromatic carbocycles. The molecule has 26 heavy (non-hydrogen) atoms. The van der Waals surface area contributed by atoms with Crippen LogP contribution < -0.4 is 4.72 Å². The molecule has 2 atom stereocenters. The van der Waals surface area contributed by atoms with Crippen molar-refractivity contribution in [1.82, 2.24) is 14.7 Å². The second kappa shape index (κ2) is 7.90. The first-order valence-electron chi connectivity index (χ1n) is 7.42. The lowest BCUT2D eigenvalue weighted by molar-refractivity contribution is -0.141. The Morgan fingerprint density at radius 1 is 1.12 bits per heavy atom. The number of alkyl halides is 3. The highest BCUT2D eigenvalue weighted by Gasteiger charge is 2.38. The smallest absolute Gasteiger partial charge is 0.434 e. The fraction of sp³-hybridized carbons (Fsp3) is 0.375. The van der Waals surface area contributed by atoms with Gasteiger partial charge >= 0.3 is 6.18 Å². The number of halogens is 5. The number of hydrogen-bond donors (Lipinski definition) is 1. The zero-order valence-electron chi connectivity index (χ0n) is 14.1. The summed E-state index contributed by atoms with van der Waals surface area (Å²) in [7, 11) is 0. The lowest BCUT2D eigenvalue weighted by atomic mass is 10.1. The summed E-state index contributed by atoms with van der Waals surface area (Å²) in [5.74, 6) is -0.193. The molecule has 1 unspecified atom stereocenters. The minimum Gasteiger partial charge on any atom is -0.598 e. The highest BCUT2D eigenvalue weighted by atomic mass is 35.5. The Balaban J connectivity index is 2.52. The number of rotatable bonds is 4. The van der Waals surface area contributed by atoms with Gasteiger partial charge in [0.05, 0.1) is 5.02 Å². The van der Waals surface area contributed by atoms with E-state index >= 15 is 0 Å². The molecule has 0 spiro atoms. The van der Waals surface area contributed by atoms with E-state index in [4.69, 9.17) is 23.2 Å². The predicted octanol–water partition coefficient (Wildman–Crippen LogP) is 4.94. The van der Waals surface area contributed by atoms with Crippen LogP contribution >= 0.6 is 23.2 Å². The van der Waals surface area contributed by atoms with Crippen molar-refractivity contribution in [2.75, 3.05) is 0 Å². The van der Waals surface area contributed by atoms with Crippen LogP contribution in [0.1, 0.15) is 43.9 Å². The maximum atomic E-state index is 13.1. The Morgan fingerprint density at radius 3 is 2.19 bits per heavy atom. The summed E-state index contributed by atoms with van der Waals surface area (Å²) in [5, 5.41) is -0.148. The Hall–Kier alpha value is -1.06. The molecular formula is C16H16Cl2F3N3OS. The molecule has 0 radical (unpaired) electrons. The second-order valence-electron chi connectivity index (χ2n) is 6.41. The van der Waals surface area contributed by atoms with Crippen LogP contribution in [-0.4, -0.2) is 19.3 Å². The van der Waals surface area contributed by atoms with Crippen molar-refractivity contribution in [2.45, 2.75) is 37.7 Å². The number of hydrogen-bond acceptors (Lipinski definition) is 4. The van der Waals surface area contributed by atoms with Crippen LogP contribution in [0.25, 0.3) is 0 Å². The summed E-state index contributed by atoms with van der Waals surface area (Å²) in [5.41, 5.74) is -0.728. The molecule has 1 heterocycles. The molecule has 2 rings (SSSR count). The SMILES string of the molecule is CC(C)(C)[S@@+]([O-])NC(c1ccc(Cl)cc1)c1ncc(Cl)c(C(F)(F)F)n1. The van der Waals surface area contributed by atoms with Crippen molar-refractivity contribution in [3.8, 4) is 0 Å². The molecule has 0 saturated heterocycles. The number of benzene rings is 1. The van der Waals surface area contributed by atoms with Gasteiger partial charge in [-0.3, -0.25) is 0 Å². The highest BCUT2D eigenvalue weighted by Crippen LogP contribution is 2.34. The normalized spacial score (nSPS) is 15.0. The van der Waals surface area contributed by atoms with Crippen molar-refractivity contribution >= 4 is 34.6 Å². The van der Waals surface area contributed by atoms with E-state index in [1.54, 1.807) is 45.0 Å². The third-order valence-electron chi connectivity index (χ3n) is 3.27. The first kappa shape index (κ1) is 21.2. The molecule has 10 heteroatoms. The Labute approximate surface area is 162 Å². The first-order chi connectivity index (χ1) is 11.9.